The average Bonchev–Trinajstić information content (AvgIpc) is 2.41. The fourth-order valence-electron chi connectivity index (χ4n) is 2.25. The summed E-state index contributed by atoms with van der Waals surface area (Å²) in [5, 5.41) is 8.57. The van der Waals surface area contributed by atoms with Gasteiger partial charge in [-0.05, 0) is 43.4 Å². The second-order valence-corrected chi connectivity index (χ2v) is 4.70. The van der Waals surface area contributed by atoms with Gasteiger partial charge >= 0.3 is 5.97 Å². The maximum atomic E-state index is 11.9. The summed E-state index contributed by atoms with van der Waals surface area (Å²) in [5.41, 5.74) is 1.49. The van der Waals surface area contributed by atoms with Gasteiger partial charge in [0.1, 0.15) is 6.10 Å². The van der Waals surface area contributed by atoms with Crippen LogP contribution < -0.4 is 0 Å². The van der Waals surface area contributed by atoms with Crippen LogP contribution in [0.15, 0.2) is 24.3 Å². The van der Waals surface area contributed by atoms with Gasteiger partial charge in [0.05, 0.1) is 18.1 Å². The van der Waals surface area contributed by atoms with Crippen molar-refractivity contribution in [2.24, 2.45) is 0 Å². The number of esters is 1. The van der Waals surface area contributed by atoms with Gasteiger partial charge in [0.25, 0.3) is 0 Å². The lowest BCUT2D eigenvalue weighted by Gasteiger charge is -2.21. The SMILES string of the molecule is N#CCc1ccc(C(=O)OC2CCCCC2)cc1. The van der Waals surface area contributed by atoms with Gasteiger partial charge in [-0.3, -0.25) is 0 Å². The lowest BCUT2D eigenvalue weighted by atomic mass is 9.98. The van der Waals surface area contributed by atoms with E-state index < -0.39 is 0 Å². The summed E-state index contributed by atoms with van der Waals surface area (Å²) in [6.07, 6.45) is 5.98. The molecule has 0 atom stereocenters. The summed E-state index contributed by atoms with van der Waals surface area (Å²) in [6.45, 7) is 0. The van der Waals surface area contributed by atoms with E-state index in [1.54, 1.807) is 24.3 Å². The molecule has 0 spiro atoms. The first-order valence-electron chi connectivity index (χ1n) is 6.46. The Hall–Kier alpha value is -1.82. The first-order valence-corrected chi connectivity index (χ1v) is 6.46. The van der Waals surface area contributed by atoms with Crippen LogP contribution in [0.2, 0.25) is 0 Å². The summed E-state index contributed by atoms with van der Waals surface area (Å²) in [7, 11) is 0. The zero-order valence-corrected chi connectivity index (χ0v) is 10.4. The number of ether oxygens (including phenoxy) is 1. The molecule has 1 fully saturated rings. The van der Waals surface area contributed by atoms with E-state index in [0.29, 0.717) is 12.0 Å². The van der Waals surface area contributed by atoms with E-state index in [0.717, 1.165) is 31.2 Å². The van der Waals surface area contributed by atoms with Gasteiger partial charge in [-0.15, -0.1) is 0 Å². The first kappa shape index (κ1) is 12.6. The molecule has 3 nitrogen and oxygen atoms in total. The van der Waals surface area contributed by atoms with Gasteiger partial charge in [-0.2, -0.15) is 5.26 Å². The highest BCUT2D eigenvalue weighted by atomic mass is 16.5. The van der Waals surface area contributed by atoms with Gasteiger partial charge in [-0.1, -0.05) is 18.6 Å². The predicted molar refractivity (Wildman–Crippen MR) is 68.0 cm³/mol. The van der Waals surface area contributed by atoms with E-state index in [-0.39, 0.29) is 12.1 Å². The summed E-state index contributed by atoms with van der Waals surface area (Å²) in [4.78, 5) is 11.9. The molecule has 0 saturated heterocycles. The summed E-state index contributed by atoms with van der Waals surface area (Å²) in [5.74, 6) is -0.245. The number of rotatable bonds is 3. The zero-order valence-electron chi connectivity index (χ0n) is 10.4. The van der Waals surface area contributed by atoms with Gasteiger partial charge in [0.15, 0.2) is 0 Å². The molecule has 94 valence electrons. The molecule has 0 unspecified atom stereocenters. The third-order valence-corrected chi connectivity index (χ3v) is 3.30. The highest BCUT2D eigenvalue weighted by Gasteiger charge is 2.18. The minimum atomic E-state index is -0.245. The molecule has 0 heterocycles. The molecule has 0 amide bonds. The van der Waals surface area contributed by atoms with E-state index in [1.807, 2.05) is 0 Å². The van der Waals surface area contributed by atoms with Gasteiger partial charge in [0, 0.05) is 0 Å². The topological polar surface area (TPSA) is 50.1 Å². The number of carbonyl (C=O) groups is 1. The van der Waals surface area contributed by atoms with Crippen LogP contribution in [0.3, 0.4) is 0 Å². The van der Waals surface area contributed by atoms with Crippen molar-refractivity contribution in [2.75, 3.05) is 0 Å². The third-order valence-electron chi connectivity index (χ3n) is 3.30. The average molecular weight is 243 g/mol. The predicted octanol–water partition coefficient (Wildman–Crippen LogP) is 3.24. The van der Waals surface area contributed by atoms with Crippen molar-refractivity contribution in [3.63, 3.8) is 0 Å². The normalized spacial score (nSPS) is 15.9. The standard InChI is InChI=1S/C15H17NO2/c16-11-10-12-6-8-13(9-7-12)15(17)18-14-4-2-1-3-5-14/h6-9,14H,1-5,10H2. The largest absolute Gasteiger partial charge is 0.459 e. The highest BCUT2D eigenvalue weighted by Crippen LogP contribution is 2.21. The van der Waals surface area contributed by atoms with E-state index in [4.69, 9.17) is 10.00 Å². The number of benzene rings is 1. The van der Waals surface area contributed by atoms with Crippen molar-refractivity contribution in [2.45, 2.75) is 44.6 Å². The Kier molecular flexibility index (Phi) is 4.35. The van der Waals surface area contributed by atoms with Crippen molar-refractivity contribution in [1.82, 2.24) is 0 Å². The zero-order chi connectivity index (χ0) is 12.8. The molecule has 0 radical (unpaired) electrons. The number of carbonyl (C=O) groups excluding carboxylic acids is 1. The Balaban J connectivity index is 1.93. The van der Waals surface area contributed by atoms with Crippen molar-refractivity contribution < 1.29 is 9.53 Å². The minimum absolute atomic E-state index is 0.0880. The second-order valence-electron chi connectivity index (χ2n) is 4.70. The molecular weight excluding hydrogens is 226 g/mol. The summed E-state index contributed by atoms with van der Waals surface area (Å²) < 4.78 is 5.47. The molecule has 1 aromatic carbocycles. The molecule has 1 aliphatic carbocycles. The van der Waals surface area contributed by atoms with Crippen LogP contribution in [0.5, 0.6) is 0 Å². The molecule has 18 heavy (non-hydrogen) atoms. The quantitative estimate of drug-likeness (QED) is 0.766. The number of nitrogens with zero attached hydrogens (tertiary/aromatic N) is 1. The maximum Gasteiger partial charge on any atom is 0.338 e. The van der Waals surface area contributed by atoms with Crippen LogP contribution in [0.1, 0.15) is 48.0 Å². The Labute approximate surface area is 107 Å². The van der Waals surface area contributed by atoms with Gasteiger partial charge < -0.3 is 4.74 Å². The summed E-state index contributed by atoms with van der Waals surface area (Å²) in [6, 6.07) is 9.16. The lowest BCUT2D eigenvalue weighted by Crippen LogP contribution is -2.20. The van der Waals surface area contributed by atoms with Crippen molar-refractivity contribution in [1.29, 1.82) is 5.26 Å². The molecule has 3 heteroatoms. The molecule has 0 aromatic heterocycles. The van der Waals surface area contributed by atoms with Crippen molar-refractivity contribution >= 4 is 5.97 Å². The van der Waals surface area contributed by atoms with Gasteiger partial charge in [-0.25, -0.2) is 4.79 Å². The molecule has 1 aliphatic rings. The Morgan fingerprint density at radius 3 is 2.50 bits per heavy atom. The number of hydrogen-bond acceptors (Lipinski definition) is 3. The Bertz CT molecular complexity index is 439. The Morgan fingerprint density at radius 2 is 1.89 bits per heavy atom. The van der Waals surface area contributed by atoms with E-state index >= 15 is 0 Å². The molecule has 0 aliphatic heterocycles. The molecule has 1 saturated carbocycles. The second kappa shape index (κ2) is 6.20. The molecule has 1 aromatic rings. The van der Waals surface area contributed by atoms with E-state index in [9.17, 15) is 4.79 Å². The van der Waals surface area contributed by atoms with Crippen LogP contribution in [-0.4, -0.2) is 12.1 Å². The van der Waals surface area contributed by atoms with Crippen LogP contribution in [0.4, 0.5) is 0 Å². The summed E-state index contributed by atoms with van der Waals surface area (Å²) >= 11 is 0. The highest BCUT2D eigenvalue weighted by molar-refractivity contribution is 5.89. The third kappa shape index (κ3) is 3.33. The van der Waals surface area contributed by atoms with Crippen molar-refractivity contribution in [3.05, 3.63) is 35.4 Å². The molecular formula is C15H17NO2. The van der Waals surface area contributed by atoms with E-state index in [2.05, 4.69) is 6.07 Å². The van der Waals surface area contributed by atoms with Crippen LogP contribution in [0.25, 0.3) is 0 Å². The van der Waals surface area contributed by atoms with Crippen LogP contribution in [0, 0.1) is 11.3 Å². The molecule has 0 N–H and O–H groups in total. The molecule has 2 rings (SSSR count). The lowest BCUT2D eigenvalue weighted by molar-refractivity contribution is 0.0211. The van der Waals surface area contributed by atoms with Crippen LogP contribution >= 0.6 is 0 Å². The van der Waals surface area contributed by atoms with Crippen LogP contribution in [-0.2, 0) is 11.2 Å². The Morgan fingerprint density at radius 1 is 1.22 bits per heavy atom. The van der Waals surface area contributed by atoms with E-state index in [1.165, 1.54) is 6.42 Å². The fraction of sp³-hybridized carbons (Fsp3) is 0.467. The molecule has 0 bridgehead atoms. The smallest absolute Gasteiger partial charge is 0.338 e. The van der Waals surface area contributed by atoms with Crippen molar-refractivity contribution in [3.8, 4) is 6.07 Å². The minimum Gasteiger partial charge on any atom is -0.459 e. The number of hydrogen-bond donors (Lipinski definition) is 0. The first-order chi connectivity index (χ1) is 8.79. The maximum absolute atomic E-state index is 11.9. The van der Waals surface area contributed by atoms with Gasteiger partial charge in [0.2, 0.25) is 0 Å². The number of nitriles is 1. The fourth-order valence-corrected chi connectivity index (χ4v) is 2.25. The monoisotopic (exact) mass is 243 g/mol.